The van der Waals surface area contributed by atoms with Crippen molar-refractivity contribution in [1.29, 1.82) is 0 Å². The first-order valence-electron chi connectivity index (χ1n) is 5.91. The normalized spacial score (nSPS) is 27.7. The summed E-state index contributed by atoms with van der Waals surface area (Å²) in [4.78, 5) is 12.0. The first kappa shape index (κ1) is 13.1. The summed E-state index contributed by atoms with van der Waals surface area (Å²) in [6, 6.07) is 0. The van der Waals surface area contributed by atoms with Crippen LogP contribution in [0.3, 0.4) is 0 Å². The second kappa shape index (κ2) is 4.74. The molecule has 0 bridgehead atoms. The molecule has 0 fully saturated rings. The van der Waals surface area contributed by atoms with Crippen LogP contribution in [0.5, 0.6) is 0 Å². The molecule has 0 aromatic rings. The van der Waals surface area contributed by atoms with E-state index in [9.17, 15) is 9.90 Å². The molecule has 2 aliphatic rings. The molecule has 0 heterocycles. The van der Waals surface area contributed by atoms with Crippen molar-refractivity contribution in [2.24, 2.45) is 0 Å². The molecule has 1 N–H and O–H groups in total. The fourth-order valence-corrected chi connectivity index (χ4v) is 2.75. The minimum absolute atomic E-state index is 0.108. The highest BCUT2D eigenvalue weighted by atomic mass is 16.5. The van der Waals surface area contributed by atoms with Gasteiger partial charge in [-0.25, -0.2) is 0 Å². The topological polar surface area (TPSA) is 65.0 Å². The lowest BCUT2D eigenvalue weighted by Crippen LogP contribution is -2.53. The third-order valence-electron chi connectivity index (χ3n) is 3.57. The van der Waals surface area contributed by atoms with Crippen LogP contribution in [0.4, 0.5) is 0 Å². The summed E-state index contributed by atoms with van der Waals surface area (Å²) in [5.41, 5.74) is 0.0647. The van der Waals surface area contributed by atoms with Gasteiger partial charge in [-0.2, -0.15) is 0 Å². The molecule has 5 nitrogen and oxygen atoms in total. The van der Waals surface area contributed by atoms with Gasteiger partial charge in [-0.1, -0.05) is 0 Å². The van der Waals surface area contributed by atoms with Crippen LogP contribution in [-0.2, 0) is 19.0 Å². The van der Waals surface area contributed by atoms with Gasteiger partial charge < -0.3 is 19.3 Å². The zero-order chi connectivity index (χ0) is 13.3. The molecule has 0 aromatic heterocycles. The Morgan fingerprint density at radius 3 is 2.50 bits per heavy atom. The Labute approximate surface area is 106 Å². The van der Waals surface area contributed by atoms with Gasteiger partial charge in [-0.15, -0.1) is 0 Å². The fourth-order valence-electron chi connectivity index (χ4n) is 2.75. The molecule has 100 valence electrons. The molecular weight excluding hydrogens is 236 g/mol. The summed E-state index contributed by atoms with van der Waals surface area (Å²) in [5, 5.41) is 10.6. The van der Waals surface area contributed by atoms with Gasteiger partial charge in [-0.3, -0.25) is 4.79 Å². The largest absolute Gasteiger partial charge is 0.493 e. The summed E-state index contributed by atoms with van der Waals surface area (Å²) in [5.74, 6) is -0.107. The molecule has 1 atom stereocenters. The average Bonchev–Trinajstić information content (AvgIpc) is 2.83. The zero-order valence-corrected chi connectivity index (χ0v) is 10.9. The average molecular weight is 254 g/mol. The highest BCUT2D eigenvalue weighted by molar-refractivity contribution is 6.12. The molecule has 0 spiro atoms. The van der Waals surface area contributed by atoms with Crippen molar-refractivity contribution in [3.05, 3.63) is 22.7 Å². The second-order valence-corrected chi connectivity index (χ2v) is 4.47. The Bertz CT molecular complexity index is 435. The van der Waals surface area contributed by atoms with Crippen LogP contribution >= 0.6 is 0 Å². The van der Waals surface area contributed by atoms with Crippen molar-refractivity contribution in [1.82, 2.24) is 0 Å². The van der Waals surface area contributed by atoms with Gasteiger partial charge in [0.1, 0.15) is 0 Å². The van der Waals surface area contributed by atoms with Crippen molar-refractivity contribution in [3.63, 3.8) is 0 Å². The first-order chi connectivity index (χ1) is 8.61. The molecule has 2 rings (SSSR count). The number of hydrogen-bond acceptors (Lipinski definition) is 5. The monoisotopic (exact) mass is 254 g/mol. The van der Waals surface area contributed by atoms with Crippen LogP contribution in [0.1, 0.15) is 19.3 Å². The number of aliphatic hydroxyl groups is 1. The molecule has 0 aromatic carbocycles. The number of rotatable bonds is 5. The zero-order valence-electron chi connectivity index (χ0n) is 10.9. The number of ketones is 1. The van der Waals surface area contributed by atoms with Gasteiger partial charge in [0.15, 0.2) is 5.76 Å². The van der Waals surface area contributed by atoms with Crippen LogP contribution in [0.25, 0.3) is 0 Å². The summed E-state index contributed by atoms with van der Waals surface area (Å²) >= 11 is 0. The van der Waals surface area contributed by atoms with Crippen LogP contribution in [0.2, 0.25) is 0 Å². The molecule has 0 saturated carbocycles. The molecule has 0 aliphatic heterocycles. The molecule has 1 unspecified atom stereocenters. The van der Waals surface area contributed by atoms with E-state index in [1.807, 2.05) is 0 Å². The first-order valence-corrected chi connectivity index (χ1v) is 5.91. The van der Waals surface area contributed by atoms with Gasteiger partial charge >= 0.3 is 0 Å². The predicted molar refractivity (Wildman–Crippen MR) is 63.8 cm³/mol. The van der Waals surface area contributed by atoms with Crippen molar-refractivity contribution >= 4 is 5.78 Å². The number of carbonyl (C=O) groups excluding carboxylic acids is 1. The quantitative estimate of drug-likeness (QED) is 0.739. The van der Waals surface area contributed by atoms with E-state index in [-0.39, 0.29) is 11.5 Å². The number of Topliss-reactive ketones (excluding diaryl/α,β-unsaturated/α-hetero) is 1. The van der Waals surface area contributed by atoms with E-state index in [2.05, 4.69) is 0 Å². The smallest absolute Gasteiger partial charge is 0.244 e. The Morgan fingerprint density at radius 1 is 1.22 bits per heavy atom. The van der Waals surface area contributed by atoms with Gasteiger partial charge in [0.2, 0.25) is 17.1 Å². The van der Waals surface area contributed by atoms with Gasteiger partial charge in [0.05, 0.1) is 20.8 Å². The molecular formula is C13H18O5. The minimum atomic E-state index is -1.63. The summed E-state index contributed by atoms with van der Waals surface area (Å²) < 4.78 is 15.2. The Morgan fingerprint density at radius 2 is 1.94 bits per heavy atom. The number of methoxy groups -OCH3 is 3. The number of ether oxygens (including phenoxy) is 3. The second-order valence-electron chi connectivity index (χ2n) is 4.47. The number of carbonyl (C=O) groups is 1. The van der Waals surface area contributed by atoms with E-state index in [0.717, 1.165) is 18.4 Å². The minimum Gasteiger partial charge on any atom is -0.493 e. The maximum Gasteiger partial charge on any atom is 0.244 e. The lowest BCUT2D eigenvalue weighted by molar-refractivity contribution is -0.141. The Kier molecular flexibility index (Phi) is 3.45. The van der Waals surface area contributed by atoms with E-state index in [0.29, 0.717) is 18.6 Å². The number of hydrogen-bond donors (Lipinski definition) is 1. The Hall–Kier alpha value is -1.33. The third kappa shape index (κ3) is 1.58. The molecule has 0 amide bonds. The van der Waals surface area contributed by atoms with Crippen LogP contribution in [-0.4, -0.2) is 44.4 Å². The summed E-state index contributed by atoms with van der Waals surface area (Å²) in [6.07, 6.45) is 2.45. The Balaban J connectivity index is 2.42. The highest BCUT2D eigenvalue weighted by Crippen LogP contribution is 2.46. The lowest BCUT2D eigenvalue weighted by Gasteiger charge is -2.38. The summed E-state index contributed by atoms with van der Waals surface area (Å²) in [7, 11) is 4.42. The van der Waals surface area contributed by atoms with E-state index in [4.69, 9.17) is 14.2 Å². The maximum absolute atomic E-state index is 12.0. The maximum atomic E-state index is 12.0. The van der Waals surface area contributed by atoms with Crippen molar-refractivity contribution in [2.45, 2.75) is 24.9 Å². The SMILES string of the molecule is COCC1=C(C2(O)C(=O)C(OC)=C2OC)CCC1. The molecule has 2 aliphatic carbocycles. The van der Waals surface area contributed by atoms with E-state index < -0.39 is 11.4 Å². The van der Waals surface area contributed by atoms with Crippen molar-refractivity contribution in [2.75, 3.05) is 27.9 Å². The molecule has 18 heavy (non-hydrogen) atoms. The van der Waals surface area contributed by atoms with Crippen molar-refractivity contribution < 1.29 is 24.1 Å². The van der Waals surface area contributed by atoms with Gasteiger partial charge in [0, 0.05) is 7.11 Å². The predicted octanol–water partition coefficient (Wildman–Crippen LogP) is 0.931. The fraction of sp³-hybridized carbons (Fsp3) is 0.615. The molecule has 0 saturated heterocycles. The van der Waals surface area contributed by atoms with Gasteiger partial charge in [0.25, 0.3) is 0 Å². The highest BCUT2D eigenvalue weighted by Gasteiger charge is 2.59. The van der Waals surface area contributed by atoms with Crippen LogP contribution in [0.15, 0.2) is 22.7 Å². The molecule has 5 heteroatoms. The van der Waals surface area contributed by atoms with Gasteiger partial charge in [-0.05, 0) is 30.4 Å². The van der Waals surface area contributed by atoms with Crippen LogP contribution < -0.4 is 0 Å². The van der Waals surface area contributed by atoms with E-state index in [1.54, 1.807) is 7.11 Å². The third-order valence-corrected chi connectivity index (χ3v) is 3.57. The van der Waals surface area contributed by atoms with Crippen LogP contribution in [0, 0.1) is 0 Å². The van der Waals surface area contributed by atoms with E-state index >= 15 is 0 Å². The van der Waals surface area contributed by atoms with E-state index in [1.165, 1.54) is 14.2 Å². The van der Waals surface area contributed by atoms with Crippen molar-refractivity contribution in [3.8, 4) is 0 Å². The summed E-state index contributed by atoms with van der Waals surface area (Å²) in [6.45, 7) is 0.435. The molecule has 0 radical (unpaired) electrons. The lowest BCUT2D eigenvalue weighted by atomic mass is 9.75. The standard InChI is InChI=1S/C13H18O5/c1-16-7-8-5-4-6-9(8)13(15)11(14)10(17-2)12(13)18-3/h15H,4-7H2,1-3H3.